The predicted molar refractivity (Wildman–Crippen MR) is 71.9 cm³/mol. The molecule has 1 heterocycles. The van der Waals surface area contributed by atoms with E-state index in [2.05, 4.69) is 15.7 Å². The van der Waals surface area contributed by atoms with Gasteiger partial charge in [-0.05, 0) is 25.7 Å². The first-order chi connectivity index (χ1) is 9.22. The molecule has 6 heteroatoms. The zero-order valence-electron chi connectivity index (χ0n) is 11.6. The highest BCUT2D eigenvalue weighted by atomic mass is 16.5. The summed E-state index contributed by atoms with van der Waals surface area (Å²) in [6.07, 6.45) is 5.79. The molecule has 0 radical (unpaired) electrons. The van der Waals surface area contributed by atoms with Crippen LogP contribution in [0.2, 0.25) is 0 Å². The monoisotopic (exact) mass is 266 g/mol. The van der Waals surface area contributed by atoms with Gasteiger partial charge in [0.25, 0.3) is 0 Å². The fourth-order valence-electron chi connectivity index (χ4n) is 2.48. The van der Waals surface area contributed by atoms with Gasteiger partial charge in [0.1, 0.15) is 0 Å². The Morgan fingerprint density at radius 3 is 3.26 bits per heavy atom. The van der Waals surface area contributed by atoms with Crippen LogP contribution in [-0.2, 0) is 18.2 Å². The van der Waals surface area contributed by atoms with Gasteiger partial charge in [0.2, 0.25) is 0 Å². The van der Waals surface area contributed by atoms with E-state index in [-0.39, 0.29) is 12.1 Å². The maximum absolute atomic E-state index is 11.8. The first kappa shape index (κ1) is 13.9. The Bertz CT molecular complexity index is 430. The zero-order chi connectivity index (χ0) is 13.7. The predicted octanol–water partition coefficient (Wildman–Crippen LogP) is 1.13. The van der Waals surface area contributed by atoms with Crippen LogP contribution >= 0.6 is 0 Å². The molecule has 1 aromatic rings. The molecule has 0 aromatic carbocycles. The van der Waals surface area contributed by atoms with Crippen molar-refractivity contribution in [1.82, 2.24) is 20.4 Å². The highest BCUT2D eigenvalue weighted by molar-refractivity contribution is 5.74. The van der Waals surface area contributed by atoms with Gasteiger partial charge in [-0.1, -0.05) is 0 Å². The molecule has 0 fully saturated rings. The molecule has 1 unspecified atom stereocenters. The maximum atomic E-state index is 11.8. The van der Waals surface area contributed by atoms with Crippen molar-refractivity contribution in [2.45, 2.75) is 31.7 Å². The first-order valence-electron chi connectivity index (χ1n) is 6.76. The van der Waals surface area contributed by atoms with Crippen molar-refractivity contribution in [3.63, 3.8) is 0 Å². The van der Waals surface area contributed by atoms with Crippen LogP contribution in [0, 0.1) is 0 Å². The summed E-state index contributed by atoms with van der Waals surface area (Å²) in [5, 5.41) is 10.1. The number of carbonyl (C=O) groups excluding carboxylic acids is 1. The number of hydrogen-bond acceptors (Lipinski definition) is 3. The number of methoxy groups -OCH3 is 1. The van der Waals surface area contributed by atoms with E-state index in [1.807, 2.05) is 17.9 Å². The molecule has 19 heavy (non-hydrogen) atoms. The SMILES string of the molecule is COCCCNC(=O)NC1CCCc2c1cnn2C. The van der Waals surface area contributed by atoms with Gasteiger partial charge >= 0.3 is 6.03 Å². The number of hydrogen-bond donors (Lipinski definition) is 2. The van der Waals surface area contributed by atoms with Crippen LogP contribution in [0.4, 0.5) is 4.79 Å². The number of nitrogens with zero attached hydrogens (tertiary/aromatic N) is 2. The van der Waals surface area contributed by atoms with Gasteiger partial charge in [0.05, 0.1) is 12.2 Å². The number of carbonyl (C=O) groups is 1. The number of fused-ring (bicyclic) bond motifs is 1. The Kier molecular flexibility index (Phi) is 4.79. The Morgan fingerprint density at radius 2 is 2.47 bits per heavy atom. The molecule has 6 nitrogen and oxygen atoms in total. The van der Waals surface area contributed by atoms with Gasteiger partial charge in [-0.25, -0.2) is 4.79 Å². The zero-order valence-corrected chi connectivity index (χ0v) is 11.6. The Balaban J connectivity index is 1.85. The summed E-state index contributed by atoms with van der Waals surface area (Å²) >= 11 is 0. The number of urea groups is 1. The molecule has 1 aliphatic rings. The molecule has 2 N–H and O–H groups in total. The third kappa shape index (κ3) is 3.47. The molecular formula is C13H22N4O2. The van der Waals surface area contributed by atoms with Crippen molar-refractivity contribution in [2.75, 3.05) is 20.3 Å². The lowest BCUT2D eigenvalue weighted by molar-refractivity contribution is 0.193. The summed E-state index contributed by atoms with van der Waals surface area (Å²) in [7, 11) is 3.61. The average Bonchev–Trinajstić information content (AvgIpc) is 2.78. The number of ether oxygens (including phenoxy) is 1. The molecule has 0 saturated carbocycles. The van der Waals surface area contributed by atoms with E-state index in [4.69, 9.17) is 4.74 Å². The van der Waals surface area contributed by atoms with E-state index in [0.29, 0.717) is 13.2 Å². The number of amides is 2. The lowest BCUT2D eigenvalue weighted by Gasteiger charge is -2.23. The van der Waals surface area contributed by atoms with Crippen molar-refractivity contribution in [1.29, 1.82) is 0 Å². The molecule has 2 rings (SSSR count). The van der Waals surface area contributed by atoms with E-state index in [9.17, 15) is 4.79 Å². The molecule has 1 atom stereocenters. The van der Waals surface area contributed by atoms with E-state index in [1.54, 1.807) is 7.11 Å². The quantitative estimate of drug-likeness (QED) is 0.785. The second kappa shape index (κ2) is 6.56. The highest BCUT2D eigenvalue weighted by Crippen LogP contribution is 2.28. The van der Waals surface area contributed by atoms with Crippen LogP contribution in [0.5, 0.6) is 0 Å². The van der Waals surface area contributed by atoms with Crippen molar-refractivity contribution in [2.24, 2.45) is 7.05 Å². The van der Waals surface area contributed by atoms with Crippen LogP contribution in [0.15, 0.2) is 6.20 Å². The van der Waals surface area contributed by atoms with Crippen LogP contribution in [0.1, 0.15) is 36.6 Å². The summed E-state index contributed by atoms with van der Waals surface area (Å²) < 4.78 is 6.84. The van der Waals surface area contributed by atoms with Gasteiger partial charge in [0, 0.05) is 38.6 Å². The molecule has 0 bridgehead atoms. The number of aromatic nitrogens is 2. The smallest absolute Gasteiger partial charge is 0.315 e. The Hall–Kier alpha value is -1.56. The molecule has 0 saturated heterocycles. The molecule has 106 valence electrons. The van der Waals surface area contributed by atoms with E-state index < -0.39 is 0 Å². The molecule has 0 aliphatic heterocycles. The van der Waals surface area contributed by atoms with Crippen LogP contribution < -0.4 is 10.6 Å². The minimum absolute atomic E-state index is 0.0832. The first-order valence-corrected chi connectivity index (χ1v) is 6.76. The summed E-state index contributed by atoms with van der Waals surface area (Å²) in [4.78, 5) is 11.8. The largest absolute Gasteiger partial charge is 0.385 e. The number of aryl methyl sites for hydroxylation is 1. The van der Waals surface area contributed by atoms with Crippen LogP contribution in [-0.4, -0.2) is 36.1 Å². The highest BCUT2D eigenvalue weighted by Gasteiger charge is 2.24. The van der Waals surface area contributed by atoms with Gasteiger partial charge in [0.15, 0.2) is 0 Å². The van der Waals surface area contributed by atoms with Gasteiger partial charge in [-0.3, -0.25) is 4.68 Å². The molecule has 0 spiro atoms. The van der Waals surface area contributed by atoms with Crippen LogP contribution in [0.3, 0.4) is 0 Å². The third-order valence-electron chi connectivity index (χ3n) is 3.49. The van der Waals surface area contributed by atoms with Gasteiger partial charge in [-0.15, -0.1) is 0 Å². The summed E-state index contributed by atoms with van der Waals surface area (Å²) in [6, 6.07) is -0.0299. The lowest BCUT2D eigenvalue weighted by Crippen LogP contribution is -2.39. The molecule has 1 aliphatic carbocycles. The molecule has 1 aromatic heterocycles. The van der Waals surface area contributed by atoms with Gasteiger partial charge < -0.3 is 15.4 Å². The van der Waals surface area contributed by atoms with Crippen molar-refractivity contribution < 1.29 is 9.53 Å². The Morgan fingerprint density at radius 1 is 1.63 bits per heavy atom. The summed E-state index contributed by atoms with van der Waals surface area (Å²) in [6.45, 7) is 1.29. The van der Waals surface area contributed by atoms with Crippen molar-refractivity contribution >= 4 is 6.03 Å². The summed E-state index contributed by atoms with van der Waals surface area (Å²) in [5.41, 5.74) is 2.39. The minimum atomic E-state index is -0.113. The van der Waals surface area contributed by atoms with E-state index >= 15 is 0 Å². The van der Waals surface area contributed by atoms with Crippen molar-refractivity contribution in [3.8, 4) is 0 Å². The topological polar surface area (TPSA) is 68.2 Å². The lowest BCUT2D eigenvalue weighted by atomic mass is 9.93. The average molecular weight is 266 g/mol. The minimum Gasteiger partial charge on any atom is -0.385 e. The van der Waals surface area contributed by atoms with Gasteiger partial charge in [-0.2, -0.15) is 5.10 Å². The van der Waals surface area contributed by atoms with E-state index in [0.717, 1.165) is 31.2 Å². The maximum Gasteiger partial charge on any atom is 0.315 e. The normalized spacial score (nSPS) is 17.9. The third-order valence-corrected chi connectivity index (χ3v) is 3.49. The molecular weight excluding hydrogens is 244 g/mol. The number of nitrogens with one attached hydrogen (secondary N) is 2. The Labute approximate surface area is 113 Å². The van der Waals surface area contributed by atoms with E-state index in [1.165, 1.54) is 5.69 Å². The van der Waals surface area contributed by atoms with Crippen LogP contribution in [0.25, 0.3) is 0 Å². The fraction of sp³-hybridized carbons (Fsp3) is 0.692. The second-order valence-corrected chi connectivity index (χ2v) is 4.86. The fourth-order valence-corrected chi connectivity index (χ4v) is 2.48. The second-order valence-electron chi connectivity index (χ2n) is 4.86. The standard InChI is InChI=1S/C13H22N4O2/c1-17-12-6-3-5-11(10(12)9-15-17)16-13(18)14-7-4-8-19-2/h9,11H,3-8H2,1-2H3,(H2,14,16,18). The van der Waals surface area contributed by atoms with Crippen molar-refractivity contribution in [3.05, 3.63) is 17.5 Å². The summed E-state index contributed by atoms with van der Waals surface area (Å²) in [5.74, 6) is 0. The molecule has 2 amide bonds. The number of rotatable bonds is 5.